The van der Waals surface area contributed by atoms with E-state index in [9.17, 15) is 0 Å². The van der Waals surface area contributed by atoms with Crippen molar-refractivity contribution in [2.24, 2.45) is 17.6 Å². The molecule has 102 valence electrons. The molecule has 2 N–H and O–H groups in total. The molecule has 0 aromatic heterocycles. The fourth-order valence-corrected chi connectivity index (χ4v) is 2.92. The third-order valence-corrected chi connectivity index (χ3v) is 4.47. The van der Waals surface area contributed by atoms with Crippen LogP contribution in [0.2, 0.25) is 5.02 Å². The first kappa shape index (κ1) is 13.2. The molecule has 4 heteroatoms. The summed E-state index contributed by atoms with van der Waals surface area (Å²) in [5.74, 6) is 1.76. The third-order valence-electron chi connectivity index (χ3n) is 3.93. The summed E-state index contributed by atoms with van der Waals surface area (Å²) < 4.78 is 0. The van der Waals surface area contributed by atoms with E-state index in [4.69, 9.17) is 29.6 Å². The van der Waals surface area contributed by atoms with Crippen molar-refractivity contribution in [2.75, 3.05) is 18.0 Å². The lowest BCUT2D eigenvalue weighted by atomic mass is 10.1. The molecule has 1 aromatic rings. The average molecular weight is 295 g/mol. The maximum absolute atomic E-state index is 6.28. The predicted molar refractivity (Wildman–Crippen MR) is 85.0 cm³/mol. The van der Waals surface area contributed by atoms with E-state index >= 15 is 0 Å². The summed E-state index contributed by atoms with van der Waals surface area (Å²) in [6.45, 7) is 2.33. The lowest BCUT2D eigenvalue weighted by Gasteiger charge is -2.25. The van der Waals surface area contributed by atoms with Crippen molar-refractivity contribution in [3.63, 3.8) is 0 Å². The van der Waals surface area contributed by atoms with Gasteiger partial charge in [0.05, 0.1) is 5.02 Å². The van der Waals surface area contributed by atoms with Gasteiger partial charge in [-0.2, -0.15) is 0 Å². The lowest BCUT2D eigenvalue weighted by molar-refractivity contribution is 0.679. The van der Waals surface area contributed by atoms with Crippen molar-refractivity contribution in [1.82, 2.24) is 0 Å². The Morgan fingerprint density at radius 3 is 2.21 bits per heavy atom. The van der Waals surface area contributed by atoms with Crippen LogP contribution < -0.4 is 10.6 Å². The topological polar surface area (TPSA) is 29.3 Å². The van der Waals surface area contributed by atoms with E-state index in [1.807, 2.05) is 12.1 Å². The Balaban J connectivity index is 1.79. The number of hydrogen-bond donors (Lipinski definition) is 1. The molecular weight excluding hydrogens is 276 g/mol. The molecule has 1 aromatic carbocycles. The quantitative estimate of drug-likeness (QED) is 0.813. The predicted octanol–water partition coefficient (Wildman–Crippen LogP) is 3.60. The van der Waals surface area contributed by atoms with Crippen LogP contribution in [-0.2, 0) is 0 Å². The van der Waals surface area contributed by atoms with E-state index in [-0.39, 0.29) is 0 Å². The molecule has 0 unspecified atom stereocenters. The Kier molecular flexibility index (Phi) is 3.68. The molecule has 0 aliphatic heterocycles. The molecule has 19 heavy (non-hydrogen) atoms. The maximum atomic E-state index is 6.28. The minimum atomic E-state index is 0.368. The van der Waals surface area contributed by atoms with Crippen molar-refractivity contribution >= 4 is 34.5 Å². The second-order valence-electron chi connectivity index (χ2n) is 5.82. The molecule has 0 saturated heterocycles. The first-order chi connectivity index (χ1) is 9.13. The van der Waals surface area contributed by atoms with Gasteiger partial charge in [0.1, 0.15) is 4.99 Å². The molecule has 0 heterocycles. The second-order valence-corrected chi connectivity index (χ2v) is 6.67. The molecule has 2 aliphatic rings. The number of rotatable bonds is 6. The number of halogens is 1. The summed E-state index contributed by atoms with van der Waals surface area (Å²) in [7, 11) is 0. The Labute approximate surface area is 124 Å². The van der Waals surface area contributed by atoms with E-state index in [1.54, 1.807) is 0 Å². The normalized spacial score (nSPS) is 18.4. The van der Waals surface area contributed by atoms with Crippen LogP contribution in [0.3, 0.4) is 0 Å². The van der Waals surface area contributed by atoms with Gasteiger partial charge in [-0.05, 0) is 55.7 Å². The summed E-state index contributed by atoms with van der Waals surface area (Å²) in [5.41, 5.74) is 7.64. The SMILES string of the molecule is NC(=S)c1ccc(N(CC2CC2)CC2CC2)cc1Cl. The number of nitrogens with zero attached hydrogens (tertiary/aromatic N) is 1. The van der Waals surface area contributed by atoms with Crippen LogP contribution >= 0.6 is 23.8 Å². The fraction of sp³-hybridized carbons (Fsp3) is 0.533. The Bertz CT molecular complexity index is 481. The molecule has 0 atom stereocenters. The molecule has 0 bridgehead atoms. The molecule has 3 rings (SSSR count). The summed E-state index contributed by atoms with van der Waals surface area (Å²) in [6, 6.07) is 6.07. The number of anilines is 1. The lowest BCUT2D eigenvalue weighted by Crippen LogP contribution is -2.28. The van der Waals surface area contributed by atoms with Gasteiger partial charge in [-0.15, -0.1) is 0 Å². The summed E-state index contributed by atoms with van der Waals surface area (Å²) in [6.07, 6.45) is 5.50. The average Bonchev–Trinajstić information content (AvgIpc) is 3.22. The Morgan fingerprint density at radius 1 is 1.21 bits per heavy atom. The minimum absolute atomic E-state index is 0.368. The van der Waals surface area contributed by atoms with Crippen LogP contribution in [0.25, 0.3) is 0 Å². The van der Waals surface area contributed by atoms with Gasteiger partial charge in [-0.1, -0.05) is 23.8 Å². The number of hydrogen-bond acceptors (Lipinski definition) is 2. The Morgan fingerprint density at radius 2 is 1.79 bits per heavy atom. The highest BCUT2D eigenvalue weighted by molar-refractivity contribution is 7.80. The summed E-state index contributed by atoms with van der Waals surface area (Å²) in [4.78, 5) is 2.86. The van der Waals surface area contributed by atoms with E-state index in [1.165, 1.54) is 44.5 Å². The molecule has 2 fully saturated rings. The Hall–Kier alpha value is -0.800. The van der Waals surface area contributed by atoms with Gasteiger partial charge in [0.2, 0.25) is 0 Å². The van der Waals surface area contributed by atoms with Gasteiger partial charge in [-0.3, -0.25) is 0 Å². The first-order valence-corrected chi connectivity index (χ1v) is 7.76. The number of benzene rings is 1. The van der Waals surface area contributed by atoms with E-state index in [0.717, 1.165) is 17.4 Å². The number of thiocarbonyl (C=S) groups is 1. The van der Waals surface area contributed by atoms with Gasteiger partial charge in [-0.25, -0.2) is 0 Å². The molecule has 0 radical (unpaired) electrons. The van der Waals surface area contributed by atoms with Crippen LogP contribution in [0.1, 0.15) is 31.2 Å². The zero-order valence-electron chi connectivity index (χ0n) is 10.9. The number of nitrogens with two attached hydrogens (primary N) is 1. The highest BCUT2D eigenvalue weighted by atomic mass is 35.5. The molecular formula is C15H19ClN2S. The zero-order chi connectivity index (χ0) is 13.4. The highest BCUT2D eigenvalue weighted by Gasteiger charge is 2.29. The second kappa shape index (κ2) is 5.29. The van der Waals surface area contributed by atoms with Gasteiger partial charge >= 0.3 is 0 Å². The molecule has 2 saturated carbocycles. The standard InChI is InChI=1S/C15H19ClN2S/c16-14-7-12(5-6-13(14)15(17)19)18(8-10-1-2-10)9-11-3-4-11/h5-7,10-11H,1-4,8-9H2,(H2,17,19). The zero-order valence-corrected chi connectivity index (χ0v) is 12.5. The van der Waals surface area contributed by atoms with E-state index in [0.29, 0.717) is 10.0 Å². The summed E-state index contributed by atoms with van der Waals surface area (Å²) in [5, 5.41) is 0.668. The van der Waals surface area contributed by atoms with Crippen LogP contribution in [0, 0.1) is 11.8 Å². The minimum Gasteiger partial charge on any atom is -0.389 e. The monoisotopic (exact) mass is 294 g/mol. The van der Waals surface area contributed by atoms with Gasteiger partial charge in [0, 0.05) is 24.3 Å². The van der Waals surface area contributed by atoms with Crippen LogP contribution in [-0.4, -0.2) is 18.1 Å². The molecule has 0 amide bonds. The van der Waals surface area contributed by atoms with Crippen LogP contribution in [0.5, 0.6) is 0 Å². The van der Waals surface area contributed by atoms with Gasteiger partial charge in [0.15, 0.2) is 0 Å². The third kappa shape index (κ3) is 3.40. The van der Waals surface area contributed by atoms with Gasteiger partial charge in [0.25, 0.3) is 0 Å². The van der Waals surface area contributed by atoms with Crippen molar-refractivity contribution in [1.29, 1.82) is 0 Å². The van der Waals surface area contributed by atoms with E-state index < -0.39 is 0 Å². The van der Waals surface area contributed by atoms with Crippen LogP contribution in [0.15, 0.2) is 18.2 Å². The highest BCUT2D eigenvalue weighted by Crippen LogP contribution is 2.36. The van der Waals surface area contributed by atoms with E-state index in [2.05, 4.69) is 11.0 Å². The van der Waals surface area contributed by atoms with Crippen molar-refractivity contribution in [2.45, 2.75) is 25.7 Å². The maximum Gasteiger partial charge on any atom is 0.105 e. The molecule has 0 spiro atoms. The van der Waals surface area contributed by atoms with Crippen molar-refractivity contribution in [3.05, 3.63) is 28.8 Å². The summed E-state index contributed by atoms with van der Waals surface area (Å²) >= 11 is 11.3. The first-order valence-electron chi connectivity index (χ1n) is 6.98. The van der Waals surface area contributed by atoms with Gasteiger partial charge < -0.3 is 10.6 Å². The molecule has 2 nitrogen and oxygen atoms in total. The van der Waals surface area contributed by atoms with Crippen molar-refractivity contribution in [3.8, 4) is 0 Å². The fourth-order valence-electron chi connectivity index (χ4n) is 2.41. The van der Waals surface area contributed by atoms with Crippen LogP contribution in [0.4, 0.5) is 5.69 Å². The largest absolute Gasteiger partial charge is 0.389 e. The smallest absolute Gasteiger partial charge is 0.105 e. The van der Waals surface area contributed by atoms with Crippen molar-refractivity contribution < 1.29 is 0 Å². The molecule has 2 aliphatic carbocycles.